The molecule has 0 saturated heterocycles. The molecule has 7 heteroatoms. The van der Waals surface area contributed by atoms with Gasteiger partial charge >= 0.3 is 6.03 Å². The van der Waals surface area contributed by atoms with Crippen molar-refractivity contribution in [3.05, 3.63) is 47.3 Å². The number of benzene rings is 1. The number of aromatic nitrogens is 4. The number of H-pyrrole nitrogens is 1. The first-order chi connectivity index (χ1) is 12.8. The third-order valence-electron chi connectivity index (χ3n) is 4.96. The molecule has 0 aliphatic heterocycles. The van der Waals surface area contributed by atoms with Crippen LogP contribution in [0.4, 0.5) is 4.79 Å². The van der Waals surface area contributed by atoms with Crippen LogP contribution in [-0.2, 0) is 13.6 Å². The molecule has 0 radical (unpaired) electrons. The van der Waals surface area contributed by atoms with E-state index in [1.165, 1.54) is 11.1 Å². The van der Waals surface area contributed by atoms with Gasteiger partial charge in [0.1, 0.15) is 11.6 Å². The minimum Gasteiger partial charge on any atom is -0.340 e. The predicted octanol–water partition coefficient (Wildman–Crippen LogP) is 3.45. The van der Waals surface area contributed by atoms with Gasteiger partial charge in [0, 0.05) is 26.5 Å². The largest absolute Gasteiger partial charge is 0.340 e. The normalized spacial score (nSPS) is 12.6. The fraction of sp³-hybridized carbons (Fsp3) is 0.450. The summed E-state index contributed by atoms with van der Waals surface area (Å²) in [4.78, 5) is 26.7. The Morgan fingerprint density at radius 1 is 1.30 bits per heavy atom. The molecule has 0 spiro atoms. The Bertz CT molecular complexity index is 916. The van der Waals surface area contributed by atoms with Gasteiger partial charge in [-0.1, -0.05) is 13.8 Å². The number of imidazole rings is 2. The molecule has 0 unspecified atom stereocenters. The zero-order valence-corrected chi connectivity index (χ0v) is 16.9. The second-order valence-corrected chi connectivity index (χ2v) is 7.56. The molecule has 2 heterocycles. The number of carbonyl (C=O) groups is 1. The van der Waals surface area contributed by atoms with Gasteiger partial charge in [-0.2, -0.15) is 0 Å². The third-order valence-corrected chi connectivity index (χ3v) is 4.96. The number of aromatic amines is 1. The number of nitrogens with one attached hydrogen (secondary N) is 2. The lowest BCUT2D eigenvalue weighted by molar-refractivity contribution is 0.196. The van der Waals surface area contributed by atoms with Crippen molar-refractivity contribution >= 4 is 17.1 Å². The number of urea groups is 1. The van der Waals surface area contributed by atoms with Gasteiger partial charge in [-0.05, 0) is 43.0 Å². The summed E-state index contributed by atoms with van der Waals surface area (Å²) in [5.74, 6) is 1.84. The lowest BCUT2D eigenvalue weighted by Gasteiger charge is -2.25. The van der Waals surface area contributed by atoms with Crippen LogP contribution in [0.3, 0.4) is 0 Å². The average molecular weight is 368 g/mol. The second-order valence-electron chi connectivity index (χ2n) is 7.56. The van der Waals surface area contributed by atoms with Crippen LogP contribution < -0.4 is 5.32 Å². The zero-order chi connectivity index (χ0) is 19.7. The molecule has 0 fully saturated rings. The third kappa shape index (κ3) is 3.97. The van der Waals surface area contributed by atoms with E-state index in [0.717, 1.165) is 22.7 Å². The van der Waals surface area contributed by atoms with Gasteiger partial charge in [-0.25, -0.2) is 14.8 Å². The summed E-state index contributed by atoms with van der Waals surface area (Å²) in [6.45, 7) is 8.71. The van der Waals surface area contributed by atoms with Crippen molar-refractivity contribution in [2.45, 2.75) is 40.3 Å². The molecule has 0 aliphatic carbocycles. The van der Waals surface area contributed by atoms with Crippen molar-refractivity contribution in [3.63, 3.8) is 0 Å². The molecule has 144 valence electrons. The molecule has 0 aliphatic rings. The molecule has 3 rings (SSSR count). The van der Waals surface area contributed by atoms with E-state index in [1.807, 2.05) is 17.8 Å². The van der Waals surface area contributed by atoms with Crippen molar-refractivity contribution in [1.82, 2.24) is 29.7 Å². The highest BCUT2D eigenvalue weighted by Crippen LogP contribution is 2.21. The Morgan fingerprint density at radius 3 is 2.63 bits per heavy atom. The first-order valence-corrected chi connectivity index (χ1v) is 9.21. The fourth-order valence-electron chi connectivity index (χ4n) is 3.14. The van der Waals surface area contributed by atoms with Crippen LogP contribution in [0.1, 0.15) is 42.7 Å². The maximum absolute atomic E-state index is 12.7. The number of hydrogen-bond donors (Lipinski definition) is 2. The summed E-state index contributed by atoms with van der Waals surface area (Å²) in [6.07, 6.45) is 3.64. The van der Waals surface area contributed by atoms with E-state index in [2.05, 4.69) is 60.1 Å². The number of hydrogen-bond acceptors (Lipinski definition) is 3. The van der Waals surface area contributed by atoms with Gasteiger partial charge in [-0.3, -0.25) is 0 Å². The van der Waals surface area contributed by atoms with Crippen molar-refractivity contribution < 1.29 is 4.79 Å². The van der Waals surface area contributed by atoms with E-state index < -0.39 is 0 Å². The highest BCUT2D eigenvalue weighted by Gasteiger charge is 2.24. The topological polar surface area (TPSA) is 78.8 Å². The number of nitrogens with zero attached hydrogens (tertiary/aromatic N) is 4. The van der Waals surface area contributed by atoms with Crippen LogP contribution in [0.25, 0.3) is 11.0 Å². The van der Waals surface area contributed by atoms with Crippen LogP contribution in [-0.4, -0.2) is 37.5 Å². The van der Waals surface area contributed by atoms with E-state index >= 15 is 0 Å². The number of carbonyl (C=O) groups excluding carboxylic acids is 1. The quantitative estimate of drug-likeness (QED) is 0.724. The molecule has 7 nitrogen and oxygen atoms in total. The minimum atomic E-state index is -0.152. The highest BCUT2D eigenvalue weighted by atomic mass is 16.2. The summed E-state index contributed by atoms with van der Waals surface area (Å²) in [6, 6.07) is 3.86. The molecule has 2 aromatic heterocycles. The van der Waals surface area contributed by atoms with Gasteiger partial charge in [0.15, 0.2) is 0 Å². The lowest BCUT2D eigenvalue weighted by Crippen LogP contribution is -2.41. The molecule has 0 saturated carbocycles. The maximum Gasteiger partial charge on any atom is 0.318 e. The van der Waals surface area contributed by atoms with E-state index in [1.54, 1.807) is 18.1 Å². The Morgan fingerprint density at radius 2 is 2.00 bits per heavy atom. The van der Waals surface area contributed by atoms with Crippen molar-refractivity contribution in [3.8, 4) is 0 Å². The van der Waals surface area contributed by atoms with E-state index in [0.29, 0.717) is 6.54 Å². The van der Waals surface area contributed by atoms with Gasteiger partial charge in [-0.15, -0.1) is 0 Å². The van der Waals surface area contributed by atoms with Crippen LogP contribution >= 0.6 is 0 Å². The fourth-order valence-corrected chi connectivity index (χ4v) is 3.14. The van der Waals surface area contributed by atoms with Gasteiger partial charge < -0.3 is 19.8 Å². The number of rotatable bonds is 5. The maximum atomic E-state index is 12.7. The molecule has 27 heavy (non-hydrogen) atoms. The predicted molar refractivity (Wildman–Crippen MR) is 106 cm³/mol. The Kier molecular flexibility index (Phi) is 5.21. The Balaban J connectivity index is 1.72. The summed E-state index contributed by atoms with van der Waals surface area (Å²) in [7, 11) is 3.71. The first kappa shape index (κ1) is 18.9. The second kappa shape index (κ2) is 7.42. The highest BCUT2D eigenvalue weighted by molar-refractivity contribution is 5.77. The number of amides is 2. The van der Waals surface area contributed by atoms with Crippen LogP contribution in [0.15, 0.2) is 24.5 Å². The van der Waals surface area contributed by atoms with Gasteiger partial charge in [0.2, 0.25) is 0 Å². The smallest absolute Gasteiger partial charge is 0.318 e. The molecule has 1 aromatic carbocycles. The summed E-state index contributed by atoms with van der Waals surface area (Å²) >= 11 is 0. The molecule has 1 atom stereocenters. The van der Waals surface area contributed by atoms with Crippen LogP contribution in [0, 0.1) is 19.8 Å². The molecule has 2 amide bonds. The monoisotopic (exact) mass is 368 g/mol. The Labute approximate surface area is 159 Å². The number of aryl methyl sites for hydroxylation is 3. The average Bonchev–Trinajstić information content (AvgIpc) is 3.18. The lowest BCUT2D eigenvalue weighted by atomic mass is 10.0. The van der Waals surface area contributed by atoms with E-state index in [-0.39, 0.29) is 18.0 Å². The van der Waals surface area contributed by atoms with E-state index in [9.17, 15) is 4.79 Å². The van der Waals surface area contributed by atoms with E-state index in [4.69, 9.17) is 0 Å². The van der Waals surface area contributed by atoms with Crippen molar-refractivity contribution in [1.29, 1.82) is 0 Å². The van der Waals surface area contributed by atoms with Crippen LogP contribution in [0.5, 0.6) is 0 Å². The Hall–Kier alpha value is -2.83. The molecular weight excluding hydrogens is 340 g/mol. The minimum absolute atomic E-state index is 0.149. The summed E-state index contributed by atoms with van der Waals surface area (Å²) in [5, 5.41) is 3.09. The molecular formula is C20H28N6O. The van der Waals surface area contributed by atoms with Gasteiger partial charge in [0.05, 0.1) is 23.6 Å². The standard InChI is InChI=1S/C20H28N6O/c1-12(2)18(19-21-7-8-25(19)5)24-20(27)26(6)11-17-22-15-9-13(3)14(4)10-16(15)23-17/h7-10,12,18H,11H2,1-6H3,(H,22,23)(H,24,27)/t18-/m1/s1. The first-order valence-electron chi connectivity index (χ1n) is 9.21. The number of fused-ring (bicyclic) bond motifs is 1. The molecule has 0 bridgehead atoms. The van der Waals surface area contributed by atoms with Crippen LogP contribution in [0.2, 0.25) is 0 Å². The molecule has 3 aromatic rings. The SMILES string of the molecule is Cc1cc2nc(CN(C)C(=O)N[C@@H](c3nccn3C)C(C)C)[nH]c2cc1C. The summed E-state index contributed by atoms with van der Waals surface area (Å²) in [5.41, 5.74) is 4.35. The zero-order valence-electron chi connectivity index (χ0n) is 16.9. The molecule has 2 N–H and O–H groups in total. The van der Waals surface area contributed by atoms with Crippen molar-refractivity contribution in [2.75, 3.05) is 7.05 Å². The van der Waals surface area contributed by atoms with Gasteiger partial charge in [0.25, 0.3) is 0 Å². The summed E-state index contributed by atoms with van der Waals surface area (Å²) < 4.78 is 1.94. The van der Waals surface area contributed by atoms with Crippen molar-refractivity contribution in [2.24, 2.45) is 13.0 Å².